The van der Waals surface area contributed by atoms with Gasteiger partial charge in [-0.05, 0) is 32.0 Å². The van der Waals surface area contributed by atoms with Crippen molar-refractivity contribution in [2.24, 2.45) is 0 Å². The van der Waals surface area contributed by atoms with Crippen LogP contribution in [0.1, 0.15) is 39.0 Å². The summed E-state index contributed by atoms with van der Waals surface area (Å²) in [5, 5.41) is 3.24. The van der Waals surface area contributed by atoms with Gasteiger partial charge in [-0.1, -0.05) is 97.2 Å². The summed E-state index contributed by atoms with van der Waals surface area (Å²) in [6.45, 7) is 4.91. The predicted molar refractivity (Wildman–Crippen MR) is 108 cm³/mol. The quantitative estimate of drug-likeness (QED) is 0.688. The molecule has 0 saturated carbocycles. The van der Waals surface area contributed by atoms with Gasteiger partial charge in [-0.2, -0.15) is 0 Å². The molecule has 2 heteroatoms. The van der Waals surface area contributed by atoms with Crippen molar-refractivity contribution in [1.29, 1.82) is 0 Å². The van der Waals surface area contributed by atoms with Crippen LogP contribution in [0.3, 0.4) is 0 Å². The van der Waals surface area contributed by atoms with Crippen molar-refractivity contribution in [3.8, 4) is 0 Å². The molecule has 0 bridgehead atoms. The highest BCUT2D eigenvalue weighted by molar-refractivity contribution is 7.02. The van der Waals surface area contributed by atoms with Crippen LogP contribution in [0.15, 0.2) is 60.7 Å². The van der Waals surface area contributed by atoms with E-state index in [2.05, 4.69) is 72.5 Å². The summed E-state index contributed by atoms with van der Waals surface area (Å²) in [6, 6.07) is 24.3. The first-order valence-corrected chi connectivity index (χ1v) is 12.1. The molecule has 1 aliphatic heterocycles. The van der Waals surface area contributed by atoms with Crippen LogP contribution in [0.5, 0.6) is 0 Å². The molecule has 0 spiro atoms. The van der Waals surface area contributed by atoms with E-state index in [1.807, 2.05) is 0 Å². The summed E-state index contributed by atoms with van der Waals surface area (Å²) in [5.41, 5.74) is 0. The molecule has 24 heavy (non-hydrogen) atoms. The average molecular weight is 338 g/mol. The average Bonchev–Trinajstić information content (AvgIpc) is 2.67. The normalized spacial score (nSPS) is 16.2. The number of piperidine rings is 1. The van der Waals surface area contributed by atoms with E-state index in [-0.39, 0.29) is 0 Å². The van der Waals surface area contributed by atoms with E-state index in [9.17, 15) is 0 Å². The fourth-order valence-corrected chi connectivity index (χ4v) is 9.34. The molecule has 0 unspecified atom stereocenters. The van der Waals surface area contributed by atoms with Crippen molar-refractivity contribution in [3.05, 3.63) is 60.7 Å². The van der Waals surface area contributed by atoms with E-state index in [4.69, 9.17) is 0 Å². The number of benzene rings is 2. The van der Waals surface area contributed by atoms with E-state index >= 15 is 0 Å². The van der Waals surface area contributed by atoms with Crippen LogP contribution in [0.25, 0.3) is 0 Å². The van der Waals surface area contributed by atoms with Crippen molar-refractivity contribution in [3.63, 3.8) is 0 Å². The number of nitrogens with zero attached hydrogens (tertiary/aromatic N) is 1. The lowest BCUT2D eigenvalue weighted by Gasteiger charge is -2.39. The monoisotopic (exact) mass is 337 g/mol. The molecule has 1 heterocycles. The minimum Gasteiger partial charge on any atom is -0.305 e. The highest BCUT2D eigenvalue weighted by Crippen LogP contribution is 2.19. The van der Waals surface area contributed by atoms with E-state index < -0.39 is 8.07 Å². The maximum absolute atomic E-state index is 2.77. The van der Waals surface area contributed by atoms with Gasteiger partial charge in [0, 0.05) is 6.17 Å². The largest absolute Gasteiger partial charge is 0.305 e. The molecule has 0 atom stereocenters. The summed E-state index contributed by atoms with van der Waals surface area (Å²) in [5.74, 6) is 0. The van der Waals surface area contributed by atoms with Crippen LogP contribution in [0.4, 0.5) is 0 Å². The molecule has 0 aliphatic carbocycles. The van der Waals surface area contributed by atoms with Gasteiger partial charge in [0.05, 0.1) is 0 Å². The first kappa shape index (κ1) is 17.4. The Bertz CT molecular complexity index is 550. The van der Waals surface area contributed by atoms with Crippen molar-refractivity contribution < 1.29 is 0 Å². The van der Waals surface area contributed by atoms with Gasteiger partial charge in [0.2, 0.25) is 0 Å². The highest BCUT2D eigenvalue weighted by atomic mass is 28.3. The van der Waals surface area contributed by atoms with Crippen molar-refractivity contribution >= 4 is 18.4 Å². The molecule has 0 amide bonds. The Kier molecular flexibility index (Phi) is 6.28. The Morgan fingerprint density at radius 3 is 1.83 bits per heavy atom. The summed E-state index contributed by atoms with van der Waals surface area (Å²) in [7, 11) is -1.73. The smallest absolute Gasteiger partial charge is 0.131 e. The van der Waals surface area contributed by atoms with Gasteiger partial charge in [-0.25, -0.2) is 0 Å². The molecule has 0 aromatic heterocycles. The molecule has 128 valence electrons. The van der Waals surface area contributed by atoms with Crippen molar-refractivity contribution in [2.75, 3.05) is 19.3 Å². The van der Waals surface area contributed by atoms with Crippen LogP contribution in [-0.4, -0.2) is 32.2 Å². The molecule has 1 aliphatic rings. The Morgan fingerprint density at radius 2 is 1.33 bits per heavy atom. The van der Waals surface area contributed by atoms with Gasteiger partial charge < -0.3 is 4.90 Å². The molecule has 1 fully saturated rings. The van der Waals surface area contributed by atoms with E-state index in [1.165, 1.54) is 57.4 Å². The number of likely N-dealkylation sites (tertiary alicyclic amines) is 1. The molecule has 0 N–H and O–H groups in total. The van der Waals surface area contributed by atoms with Crippen LogP contribution >= 0.6 is 0 Å². The van der Waals surface area contributed by atoms with E-state index in [0.29, 0.717) is 0 Å². The predicted octanol–water partition coefficient (Wildman–Crippen LogP) is 4.07. The van der Waals surface area contributed by atoms with E-state index in [0.717, 1.165) is 0 Å². The maximum Gasteiger partial charge on any atom is 0.131 e. The zero-order chi connectivity index (χ0) is 16.7. The molecular weight excluding hydrogens is 306 g/mol. The zero-order valence-corrected chi connectivity index (χ0v) is 16.1. The van der Waals surface area contributed by atoms with Gasteiger partial charge in [-0.15, -0.1) is 0 Å². The second kappa shape index (κ2) is 8.64. The fraction of sp³-hybridized carbons (Fsp3) is 0.455. The van der Waals surface area contributed by atoms with Gasteiger partial charge in [0.15, 0.2) is 0 Å². The van der Waals surface area contributed by atoms with Crippen LogP contribution in [-0.2, 0) is 0 Å². The topological polar surface area (TPSA) is 3.24 Å². The Balaban J connectivity index is 2.01. The summed E-state index contributed by atoms with van der Waals surface area (Å²) >= 11 is 0. The first-order chi connectivity index (χ1) is 11.8. The molecule has 1 nitrogen and oxygen atoms in total. The number of rotatable bonds is 7. The fourth-order valence-electron chi connectivity index (χ4n) is 4.21. The van der Waals surface area contributed by atoms with Gasteiger partial charge in [0.1, 0.15) is 8.07 Å². The minimum absolute atomic E-state index is 1.29. The first-order valence-electron chi connectivity index (χ1n) is 9.68. The number of hydrogen-bond donors (Lipinski definition) is 0. The number of hydrogen-bond acceptors (Lipinski definition) is 1. The van der Waals surface area contributed by atoms with Crippen molar-refractivity contribution in [2.45, 2.75) is 45.1 Å². The third-order valence-electron chi connectivity index (χ3n) is 5.55. The minimum atomic E-state index is -1.73. The Hall–Kier alpha value is -1.38. The second-order valence-electron chi connectivity index (χ2n) is 7.25. The van der Waals surface area contributed by atoms with Crippen LogP contribution < -0.4 is 10.4 Å². The lowest BCUT2D eigenvalue weighted by molar-refractivity contribution is 0.259. The van der Waals surface area contributed by atoms with Gasteiger partial charge in [0.25, 0.3) is 0 Å². The molecule has 2 aromatic carbocycles. The van der Waals surface area contributed by atoms with Crippen LogP contribution in [0.2, 0.25) is 6.04 Å². The van der Waals surface area contributed by atoms with E-state index in [1.54, 1.807) is 10.4 Å². The Morgan fingerprint density at radius 1 is 0.792 bits per heavy atom. The lowest BCUT2D eigenvalue weighted by atomic mass is 10.1. The molecule has 1 saturated heterocycles. The second-order valence-corrected chi connectivity index (χ2v) is 11.4. The summed E-state index contributed by atoms with van der Waals surface area (Å²) < 4.78 is 0. The van der Waals surface area contributed by atoms with Crippen molar-refractivity contribution in [1.82, 2.24) is 4.90 Å². The lowest BCUT2D eigenvalue weighted by Crippen LogP contribution is -2.65. The van der Waals surface area contributed by atoms with Gasteiger partial charge in [-0.3, -0.25) is 0 Å². The Labute approximate surface area is 148 Å². The molecular formula is C22H31NSi. The third-order valence-corrected chi connectivity index (χ3v) is 10.6. The molecule has 3 rings (SSSR count). The third kappa shape index (κ3) is 3.99. The summed E-state index contributed by atoms with van der Waals surface area (Å²) in [6.07, 6.45) is 8.08. The SMILES string of the molecule is CCCC[Si](CN1CCCCC1)(c1ccccc1)c1ccccc1. The highest BCUT2D eigenvalue weighted by Gasteiger charge is 2.38. The maximum atomic E-state index is 2.77. The zero-order valence-electron chi connectivity index (χ0n) is 15.1. The van der Waals surface area contributed by atoms with Crippen LogP contribution in [0, 0.1) is 0 Å². The van der Waals surface area contributed by atoms with Gasteiger partial charge >= 0.3 is 0 Å². The summed E-state index contributed by atoms with van der Waals surface area (Å²) in [4.78, 5) is 2.77. The number of unbranched alkanes of at least 4 members (excludes halogenated alkanes) is 1. The standard InChI is InChI=1S/C22H31NSi/c1-2-3-19-24(21-13-7-4-8-14-21,22-15-9-5-10-16-22)20-23-17-11-6-12-18-23/h4-5,7-10,13-16H,2-3,6,11-12,17-20H2,1H3. The molecule has 2 aromatic rings. The molecule has 0 radical (unpaired) electrons.